The topological polar surface area (TPSA) is 45.5 Å². The highest BCUT2D eigenvalue weighted by Gasteiger charge is 2.07. The molecule has 0 saturated carbocycles. The number of pyridine rings is 1. The van der Waals surface area contributed by atoms with Gasteiger partial charge in [-0.05, 0) is 19.1 Å². The van der Waals surface area contributed by atoms with E-state index in [2.05, 4.69) is 10.1 Å². The van der Waals surface area contributed by atoms with Gasteiger partial charge in [-0.1, -0.05) is 35.0 Å². The molecule has 0 aliphatic carbocycles. The van der Waals surface area contributed by atoms with Crippen molar-refractivity contribution in [3.05, 3.63) is 41.6 Å². The van der Waals surface area contributed by atoms with Gasteiger partial charge in [0.25, 0.3) is 0 Å². The first-order valence-electron chi connectivity index (χ1n) is 4.46. The third-order valence-electron chi connectivity index (χ3n) is 2.15. The maximum absolute atomic E-state index is 8.67. The Balaban J connectivity index is 2.82. The van der Waals surface area contributed by atoms with Crippen molar-refractivity contribution in [3.8, 4) is 0 Å². The van der Waals surface area contributed by atoms with Crippen molar-refractivity contribution in [2.45, 2.75) is 6.92 Å². The molecule has 0 radical (unpaired) electrons. The van der Waals surface area contributed by atoms with Gasteiger partial charge in [-0.25, -0.2) is 0 Å². The summed E-state index contributed by atoms with van der Waals surface area (Å²) in [5.41, 5.74) is 2.38. The van der Waals surface area contributed by atoms with Gasteiger partial charge in [-0.3, -0.25) is 4.98 Å². The fraction of sp³-hybridized carbons (Fsp3) is 0.0909. The molecule has 0 aliphatic rings. The molecule has 1 aromatic carbocycles. The standard InChI is InChI=1S/C11H9ClN2O/c1-7-6-9(11(12)14-15)8-4-2-3-5-10(8)13-7/h2-6,15H,1H3/b14-11-. The number of benzene rings is 1. The highest BCUT2D eigenvalue weighted by atomic mass is 35.5. The molecule has 1 N–H and O–H groups in total. The molecule has 4 heteroatoms. The Labute approximate surface area is 92.0 Å². The molecule has 0 bridgehead atoms. The summed E-state index contributed by atoms with van der Waals surface area (Å²) in [5, 5.41) is 12.6. The molecule has 0 fully saturated rings. The van der Waals surface area contributed by atoms with E-state index in [1.54, 1.807) is 6.07 Å². The quantitative estimate of drug-likeness (QED) is 0.456. The average molecular weight is 221 g/mol. The SMILES string of the molecule is Cc1cc(/C(Cl)=N/O)c2ccccc2n1. The van der Waals surface area contributed by atoms with Gasteiger partial charge in [0.05, 0.1) is 5.52 Å². The first kappa shape index (κ1) is 9.93. The van der Waals surface area contributed by atoms with Crippen LogP contribution in [0.1, 0.15) is 11.3 Å². The van der Waals surface area contributed by atoms with Crippen molar-refractivity contribution in [1.82, 2.24) is 4.98 Å². The second kappa shape index (κ2) is 3.87. The van der Waals surface area contributed by atoms with Gasteiger partial charge < -0.3 is 5.21 Å². The minimum atomic E-state index is 0.0803. The summed E-state index contributed by atoms with van der Waals surface area (Å²) in [6, 6.07) is 9.38. The van der Waals surface area contributed by atoms with Gasteiger partial charge in [0.15, 0.2) is 5.17 Å². The third kappa shape index (κ3) is 1.78. The van der Waals surface area contributed by atoms with E-state index in [1.165, 1.54) is 0 Å². The fourth-order valence-corrected chi connectivity index (χ4v) is 1.69. The van der Waals surface area contributed by atoms with Gasteiger partial charge in [0.1, 0.15) is 0 Å². The summed E-state index contributed by atoms with van der Waals surface area (Å²) in [4.78, 5) is 4.36. The van der Waals surface area contributed by atoms with E-state index in [9.17, 15) is 0 Å². The van der Waals surface area contributed by atoms with Crippen LogP contribution in [0.2, 0.25) is 0 Å². The molecule has 2 aromatic rings. The third-order valence-corrected chi connectivity index (χ3v) is 2.43. The molecule has 3 nitrogen and oxygen atoms in total. The highest BCUT2D eigenvalue weighted by Crippen LogP contribution is 2.20. The molecule has 1 heterocycles. The lowest BCUT2D eigenvalue weighted by Gasteiger charge is -2.04. The van der Waals surface area contributed by atoms with Crippen LogP contribution in [0.25, 0.3) is 10.9 Å². The monoisotopic (exact) mass is 220 g/mol. The molecule has 0 amide bonds. The first-order chi connectivity index (χ1) is 7.22. The smallest absolute Gasteiger partial charge is 0.176 e. The zero-order valence-corrected chi connectivity index (χ0v) is 8.86. The Morgan fingerprint density at radius 3 is 2.87 bits per heavy atom. The normalized spacial score (nSPS) is 12.0. The maximum Gasteiger partial charge on any atom is 0.176 e. The number of para-hydroxylation sites is 1. The molecule has 2 rings (SSSR count). The van der Waals surface area contributed by atoms with E-state index in [4.69, 9.17) is 16.8 Å². The van der Waals surface area contributed by atoms with Crippen LogP contribution in [0.5, 0.6) is 0 Å². The summed E-state index contributed by atoms with van der Waals surface area (Å²) in [6.07, 6.45) is 0. The minimum Gasteiger partial charge on any atom is -0.410 e. The predicted molar refractivity (Wildman–Crippen MR) is 60.7 cm³/mol. The van der Waals surface area contributed by atoms with Crippen LogP contribution in [0, 0.1) is 6.92 Å². The van der Waals surface area contributed by atoms with Crippen molar-refractivity contribution in [3.63, 3.8) is 0 Å². The summed E-state index contributed by atoms with van der Waals surface area (Å²) >= 11 is 5.81. The lowest BCUT2D eigenvalue weighted by molar-refractivity contribution is 0.321. The molecular formula is C11H9ClN2O. The predicted octanol–water partition coefficient (Wildman–Crippen LogP) is 2.92. The maximum atomic E-state index is 8.67. The van der Waals surface area contributed by atoms with Crippen molar-refractivity contribution in [2.24, 2.45) is 5.16 Å². The number of hydrogen-bond donors (Lipinski definition) is 1. The number of hydrogen-bond acceptors (Lipinski definition) is 3. The van der Waals surface area contributed by atoms with Gasteiger partial charge in [-0.15, -0.1) is 0 Å². The van der Waals surface area contributed by atoms with Gasteiger partial charge >= 0.3 is 0 Å². The van der Waals surface area contributed by atoms with Gasteiger partial charge in [0.2, 0.25) is 0 Å². The van der Waals surface area contributed by atoms with Crippen LogP contribution in [0.4, 0.5) is 0 Å². The number of halogens is 1. The van der Waals surface area contributed by atoms with Gasteiger partial charge in [0, 0.05) is 16.6 Å². The van der Waals surface area contributed by atoms with Crippen LogP contribution in [-0.2, 0) is 0 Å². The van der Waals surface area contributed by atoms with Crippen LogP contribution in [0.15, 0.2) is 35.5 Å². The van der Waals surface area contributed by atoms with Crippen LogP contribution < -0.4 is 0 Å². The van der Waals surface area contributed by atoms with Crippen molar-refractivity contribution in [1.29, 1.82) is 0 Å². The van der Waals surface area contributed by atoms with Crippen LogP contribution >= 0.6 is 11.6 Å². The number of aryl methyl sites for hydroxylation is 1. The summed E-state index contributed by atoms with van der Waals surface area (Å²) in [5.74, 6) is 0. The number of aromatic nitrogens is 1. The minimum absolute atomic E-state index is 0.0803. The molecule has 1 aromatic heterocycles. The van der Waals surface area contributed by atoms with E-state index in [-0.39, 0.29) is 5.17 Å². The summed E-state index contributed by atoms with van der Waals surface area (Å²) in [7, 11) is 0. The number of oxime groups is 1. The molecule has 0 atom stereocenters. The molecule has 76 valence electrons. The fourth-order valence-electron chi connectivity index (χ4n) is 1.53. The Bertz CT molecular complexity index is 537. The zero-order valence-electron chi connectivity index (χ0n) is 8.11. The Morgan fingerprint density at radius 1 is 1.40 bits per heavy atom. The second-order valence-electron chi connectivity index (χ2n) is 3.22. The van der Waals surface area contributed by atoms with Gasteiger partial charge in [-0.2, -0.15) is 0 Å². The van der Waals surface area contributed by atoms with E-state index in [0.29, 0.717) is 5.56 Å². The molecule has 0 spiro atoms. The van der Waals surface area contributed by atoms with E-state index in [0.717, 1.165) is 16.6 Å². The van der Waals surface area contributed by atoms with Crippen molar-refractivity contribution in [2.75, 3.05) is 0 Å². The molecule has 0 saturated heterocycles. The summed E-state index contributed by atoms with van der Waals surface area (Å²) < 4.78 is 0. The number of rotatable bonds is 1. The lowest BCUT2D eigenvalue weighted by atomic mass is 10.1. The van der Waals surface area contributed by atoms with Crippen molar-refractivity contribution < 1.29 is 5.21 Å². The number of fused-ring (bicyclic) bond motifs is 1. The van der Waals surface area contributed by atoms with Crippen LogP contribution in [0.3, 0.4) is 0 Å². The van der Waals surface area contributed by atoms with Crippen molar-refractivity contribution >= 4 is 27.7 Å². The van der Waals surface area contributed by atoms with E-state index < -0.39 is 0 Å². The molecular weight excluding hydrogens is 212 g/mol. The lowest BCUT2D eigenvalue weighted by Crippen LogP contribution is -1.96. The van der Waals surface area contributed by atoms with Crippen LogP contribution in [-0.4, -0.2) is 15.4 Å². The Morgan fingerprint density at radius 2 is 2.13 bits per heavy atom. The Kier molecular flexibility index (Phi) is 2.56. The average Bonchev–Trinajstić information content (AvgIpc) is 2.26. The summed E-state index contributed by atoms with van der Waals surface area (Å²) in [6.45, 7) is 1.87. The highest BCUT2D eigenvalue weighted by molar-refractivity contribution is 6.70. The largest absolute Gasteiger partial charge is 0.410 e. The molecule has 0 aliphatic heterocycles. The van der Waals surface area contributed by atoms with E-state index >= 15 is 0 Å². The first-order valence-corrected chi connectivity index (χ1v) is 4.84. The Hall–Kier alpha value is -1.61. The molecule has 15 heavy (non-hydrogen) atoms. The zero-order chi connectivity index (χ0) is 10.8. The molecule has 0 unspecified atom stereocenters. The second-order valence-corrected chi connectivity index (χ2v) is 3.58. The number of nitrogens with zero attached hydrogens (tertiary/aromatic N) is 2. The van der Waals surface area contributed by atoms with E-state index in [1.807, 2.05) is 31.2 Å².